The van der Waals surface area contributed by atoms with E-state index >= 15 is 0 Å². The smallest absolute Gasteiger partial charge is 0.269 e. The molecule has 30 heavy (non-hydrogen) atoms. The van der Waals surface area contributed by atoms with E-state index in [0.29, 0.717) is 33.8 Å². The Morgan fingerprint density at radius 3 is 2.37 bits per heavy atom. The average Bonchev–Trinajstić information content (AvgIpc) is 2.73. The Bertz CT molecular complexity index is 1070. The number of nitro benzene ring substituents is 1. The highest BCUT2D eigenvalue weighted by molar-refractivity contribution is 9.10. The van der Waals surface area contributed by atoms with Crippen LogP contribution in [0.4, 0.5) is 11.4 Å². The summed E-state index contributed by atoms with van der Waals surface area (Å²) in [6.45, 7) is 2.37. The molecule has 1 amide bonds. The number of carbonyl (C=O) groups is 1. The SMILES string of the molecule is COc1cc(C(=O)Nc2ccc([N+](=O)[O-])cc2)cc(Br)c1OCc1ccc(C)cc1. The van der Waals surface area contributed by atoms with Crippen molar-refractivity contribution < 1.29 is 19.2 Å². The van der Waals surface area contributed by atoms with Crippen LogP contribution in [0.15, 0.2) is 65.1 Å². The number of benzene rings is 3. The number of anilines is 1. The van der Waals surface area contributed by atoms with Gasteiger partial charge in [0.25, 0.3) is 11.6 Å². The fraction of sp³-hybridized carbons (Fsp3) is 0.136. The van der Waals surface area contributed by atoms with Gasteiger partial charge in [-0.15, -0.1) is 0 Å². The number of methoxy groups -OCH3 is 1. The molecule has 0 saturated carbocycles. The summed E-state index contributed by atoms with van der Waals surface area (Å²) in [5.41, 5.74) is 2.92. The fourth-order valence-corrected chi connectivity index (χ4v) is 3.26. The van der Waals surface area contributed by atoms with Crippen molar-refractivity contribution in [2.24, 2.45) is 0 Å². The lowest BCUT2D eigenvalue weighted by Gasteiger charge is -2.15. The van der Waals surface area contributed by atoms with Gasteiger partial charge in [-0.05, 0) is 52.7 Å². The predicted molar refractivity (Wildman–Crippen MR) is 117 cm³/mol. The largest absolute Gasteiger partial charge is 0.493 e. The number of nitro groups is 1. The number of non-ortho nitro benzene ring substituents is 1. The van der Waals surface area contributed by atoms with E-state index in [1.54, 1.807) is 12.1 Å². The lowest BCUT2D eigenvalue weighted by atomic mass is 10.1. The van der Waals surface area contributed by atoms with Crippen molar-refractivity contribution >= 4 is 33.2 Å². The topological polar surface area (TPSA) is 90.7 Å². The summed E-state index contributed by atoms with van der Waals surface area (Å²) < 4.78 is 11.9. The Morgan fingerprint density at radius 2 is 1.77 bits per heavy atom. The molecule has 0 spiro atoms. The first-order valence-corrected chi connectivity index (χ1v) is 9.78. The molecule has 0 aliphatic rings. The van der Waals surface area contributed by atoms with Gasteiger partial charge < -0.3 is 14.8 Å². The lowest BCUT2D eigenvalue weighted by Crippen LogP contribution is -2.12. The molecule has 3 aromatic carbocycles. The number of rotatable bonds is 7. The highest BCUT2D eigenvalue weighted by Crippen LogP contribution is 2.37. The highest BCUT2D eigenvalue weighted by atomic mass is 79.9. The summed E-state index contributed by atoms with van der Waals surface area (Å²) in [4.78, 5) is 22.9. The van der Waals surface area contributed by atoms with Gasteiger partial charge in [-0.2, -0.15) is 0 Å². The molecule has 0 fully saturated rings. The van der Waals surface area contributed by atoms with E-state index in [4.69, 9.17) is 9.47 Å². The van der Waals surface area contributed by atoms with Crippen LogP contribution < -0.4 is 14.8 Å². The van der Waals surface area contributed by atoms with Crippen molar-refractivity contribution in [3.05, 3.63) is 91.9 Å². The molecule has 0 radical (unpaired) electrons. The highest BCUT2D eigenvalue weighted by Gasteiger charge is 2.16. The second-order valence-electron chi connectivity index (χ2n) is 6.52. The average molecular weight is 471 g/mol. The summed E-state index contributed by atoms with van der Waals surface area (Å²) in [5.74, 6) is 0.517. The molecule has 0 heterocycles. The molecule has 0 aliphatic carbocycles. The van der Waals surface area contributed by atoms with Gasteiger partial charge in [0, 0.05) is 23.4 Å². The van der Waals surface area contributed by atoms with E-state index in [1.807, 2.05) is 31.2 Å². The van der Waals surface area contributed by atoms with Crippen molar-refractivity contribution in [2.75, 3.05) is 12.4 Å². The molecular weight excluding hydrogens is 452 g/mol. The molecule has 8 heteroatoms. The second-order valence-corrected chi connectivity index (χ2v) is 7.38. The van der Waals surface area contributed by atoms with Crippen molar-refractivity contribution in [2.45, 2.75) is 13.5 Å². The van der Waals surface area contributed by atoms with Gasteiger partial charge in [0.1, 0.15) is 6.61 Å². The van der Waals surface area contributed by atoms with Crippen LogP contribution in [0.5, 0.6) is 11.5 Å². The third-order valence-corrected chi connectivity index (χ3v) is 4.92. The number of halogens is 1. The zero-order valence-electron chi connectivity index (χ0n) is 16.3. The normalized spacial score (nSPS) is 10.4. The molecular formula is C22H19BrN2O5. The standard InChI is InChI=1S/C22H19BrN2O5/c1-14-3-5-15(6-4-14)13-30-21-19(23)11-16(12-20(21)29-2)22(26)24-17-7-9-18(10-8-17)25(27)28/h3-12H,13H2,1-2H3,(H,24,26). The Morgan fingerprint density at radius 1 is 1.10 bits per heavy atom. The van der Waals surface area contributed by atoms with Crippen molar-refractivity contribution in [3.63, 3.8) is 0 Å². The number of nitrogens with zero attached hydrogens (tertiary/aromatic N) is 1. The van der Waals surface area contributed by atoms with Crippen molar-refractivity contribution in [1.82, 2.24) is 0 Å². The van der Waals surface area contributed by atoms with Crippen LogP contribution in [0.2, 0.25) is 0 Å². The lowest BCUT2D eigenvalue weighted by molar-refractivity contribution is -0.384. The predicted octanol–water partition coefficient (Wildman–Crippen LogP) is 5.51. The van der Waals surface area contributed by atoms with Crippen LogP contribution in [0.1, 0.15) is 21.5 Å². The number of carbonyl (C=O) groups excluding carboxylic acids is 1. The molecule has 154 valence electrons. The van der Waals surface area contributed by atoms with Crippen molar-refractivity contribution in [3.8, 4) is 11.5 Å². The van der Waals surface area contributed by atoms with Crippen LogP contribution in [0.3, 0.4) is 0 Å². The quantitative estimate of drug-likeness (QED) is 0.363. The maximum absolute atomic E-state index is 12.6. The molecule has 0 saturated heterocycles. The minimum atomic E-state index is -0.497. The first-order valence-electron chi connectivity index (χ1n) is 8.99. The second kappa shape index (κ2) is 9.41. The van der Waals surface area contributed by atoms with Crippen LogP contribution >= 0.6 is 15.9 Å². The molecule has 7 nitrogen and oxygen atoms in total. The van der Waals surface area contributed by atoms with E-state index < -0.39 is 4.92 Å². The Labute approximate surface area is 181 Å². The van der Waals surface area contributed by atoms with Gasteiger partial charge in [-0.3, -0.25) is 14.9 Å². The fourth-order valence-electron chi connectivity index (χ4n) is 2.70. The number of nitrogens with one attached hydrogen (secondary N) is 1. The van der Waals surface area contributed by atoms with E-state index in [-0.39, 0.29) is 11.6 Å². The number of aryl methyl sites for hydroxylation is 1. The Balaban J connectivity index is 1.75. The van der Waals surface area contributed by atoms with Crippen LogP contribution in [-0.2, 0) is 6.61 Å². The van der Waals surface area contributed by atoms with E-state index in [9.17, 15) is 14.9 Å². The molecule has 0 aromatic heterocycles. The molecule has 3 rings (SSSR count). The summed E-state index contributed by atoms with van der Waals surface area (Å²) >= 11 is 3.44. The van der Waals surface area contributed by atoms with Gasteiger partial charge >= 0.3 is 0 Å². The molecule has 3 aromatic rings. The Hall–Kier alpha value is -3.39. The van der Waals surface area contributed by atoms with Crippen LogP contribution in [0, 0.1) is 17.0 Å². The van der Waals surface area contributed by atoms with Gasteiger partial charge in [0.15, 0.2) is 11.5 Å². The van der Waals surface area contributed by atoms with E-state index in [1.165, 1.54) is 36.9 Å². The van der Waals surface area contributed by atoms with E-state index in [0.717, 1.165) is 5.56 Å². The first-order chi connectivity index (χ1) is 14.4. The van der Waals surface area contributed by atoms with Gasteiger partial charge in [0.2, 0.25) is 0 Å². The third kappa shape index (κ3) is 5.15. The van der Waals surface area contributed by atoms with Gasteiger partial charge in [-0.1, -0.05) is 29.8 Å². The van der Waals surface area contributed by atoms with Gasteiger partial charge in [0.05, 0.1) is 16.5 Å². The number of amides is 1. The molecule has 0 bridgehead atoms. The summed E-state index contributed by atoms with van der Waals surface area (Å²) in [5, 5.41) is 13.4. The minimum Gasteiger partial charge on any atom is -0.493 e. The minimum absolute atomic E-state index is 0.0486. The number of hydrogen-bond donors (Lipinski definition) is 1. The zero-order chi connectivity index (χ0) is 21.7. The molecule has 1 N–H and O–H groups in total. The molecule has 0 atom stereocenters. The summed E-state index contributed by atoms with van der Waals surface area (Å²) in [6, 6.07) is 16.8. The molecule has 0 unspecified atom stereocenters. The van der Waals surface area contributed by atoms with Crippen LogP contribution in [0.25, 0.3) is 0 Å². The molecule has 0 aliphatic heterocycles. The monoisotopic (exact) mass is 470 g/mol. The van der Waals surface area contributed by atoms with Crippen LogP contribution in [-0.4, -0.2) is 17.9 Å². The summed E-state index contributed by atoms with van der Waals surface area (Å²) in [6.07, 6.45) is 0. The maximum atomic E-state index is 12.6. The zero-order valence-corrected chi connectivity index (χ0v) is 17.9. The number of ether oxygens (including phenoxy) is 2. The summed E-state index contributed by atoms with van der Waals surface area (Å²) in [7, 11) is 1.50. The van der Waals surface area contributed by atoms with E-state index in [2.05, 4.69) is 21.2 Å². The Kier molecular flexibility index (Phi) is 6.68. The first kappa shape index (κ1) is 21.3. The maximum Gasteiger partial charge on any atom is 0.269 e. The van der Waals surface area contributed by atoms with Gasteiger partial charge in [-0.25, -0.2) is 0 Å². The van der Waals surface area contributed by atoms with Crippen molar-refractivity contribution in [1.29, 1.82) is 0 Å². The number of hydrogen-bond acceptors (Lipinski definition) is 5. The third-order valence-electron chi connectivity index (χ3n) is 4.33.